The van der Waals surface area contributed by atoms with Gasteiger partial charge in [-0.05, 0) is 48.9 Å². The van der Waals surface area contributed by atoms with Crippen molar-refractivity contribution in [2.24, 2.45) is 10.2 Å². The number of ether oxygens (including phenoxy) is 1. The van der Waals surface area contributed by atoms with E-state index in [1.807, 2.05) is 30.3 Å². The molecule has 149 valence electrons. The molecule has 1 heterocycles. The number of aliphatic hydroxyl groups is 1. The fourth-order valence-corrected chi connectivity index (χ4v) is 3.46. The number of rotatable bonds is 5. The summed E-state index contributed by atoms with van der Waals surface area (Å²) in [4.78, 5) is 2.27. The predicted molar refractivity (Wildman–Crippen MR) is 111 cm³/mol. The average Bonchev–Trinajstić information content (AvgIpc) is 2.91. The molecule has 0 aromatic heterocycles. The van der Waals surface area contributed by atoms with Crippen LogP contribution in [-0.4, -0.2) is 30.9 Å². The van der Waals surface area contributed by atoms with Crippen molar-refractivity contribution in [3.8, 4) is 5.75 Å². The van der Waals surface area contributed by atoms with Gasteiger partial charge in [0.2, 0.25) is 5.90 Å². The van der Waals surface area contributed by atoms with Gasteiger partial charge in [0.15, 0.2) is 0 Å². The van der Waals surface area contributed by atoms with Gasteiger partial charge in [-0.15, -0.1) is 5.10 Å². The molecule has 0 aliphatic carbocycles. The van der Waals surface area contributed by atoms with E-state index in [0.717, 1.165) is 18.0 Å². The van der Waals surface area contributed by atoms with Crippen molar-refractivity contribution < 1.29 is 26.6 Å². The Morgan fingerprint density at radius 1 is 1.18 bits per heavy atom. The summed E-state index contributed by atoms with van der Waals surface area (Å²) < 4.78 is 5.39. The van der Waals surface area contributed by atoms with Gasteiger partial charge in [-0.3, -0.25) is 0 Å². The number of aliphatic hydroxyl groups excluding tert-OH is 1. The van der Waals surface area contributed by atoms with Gasteiger partial charge in [-0.2, -0.15) is 5.10 Å². The number of hydrogen-bond donors (Lipinski definition) is 1. The maximum absolute atomic E-state index is 10.0. The van der Waals surface area contributed by atoms with E-state index in [9.17, 15) is 5.11 Å². The summed E-state index contributed by atoms with van der Waals surface area (Å²) in [6.45, 7) is 7.34. The number of hydrogen-bond acceptors (Lipinski definition) is 4. The predicted octanol–water partition coefficient (Wildman–Crippen LogP) is 4.68. The number of benzene rings is 2. The summed E-state index contributed by atoms with van der Waals surface area (Å²) in [6.07, 6.45) is 3.58. The van der Waals surface area contributed by atoms with Gasteiger partial charge in [0.1, 0.15) is 5.75 Å². The molecule has 2 aromatic rings. The zero-order valence-electron chi connectivity index (χ0n) is 16.5. The molecular formula is C22H25CoN3O2. The quantitative estimate of drug-likeness (QED) is 0.432. The van der Waals surface area contributed by atoms with E-state index in [1.54, 1.807) is 25.5 Å². The van der Waals surface area contributed by atoms with Crippen molar-refractivity contribution in [2.75, 3.05) is 18.6 Å². The zero-order valence-corrected chi connectivity index (χ0v) is 17.6. The number of nitrogens with zero attached hydrogens (tertiary/aromatic N) is 3. The van der Waals surface area contributed by atoms with Crippen LogP contribution in [0.3, 0.4) is 0 Å². The first-order valence-electron chi connectivity index (χ1n) is 9.01. The second-order valence-corrected chi connectivity index (χ2v) is 6.86. The first kappa shape index (κ1) is 21.7. The maximum atomic E-state index is 10.0. The Balaban J connectivity index is 0.00000280. The normalized spacial score (nSPS) is 16.9. The molecule has 0 bridgehead atoms. The standard InChI is InChI=1S/C22H25N3O2.Co/c1-5-25-19-12-11-17(27-4)15-18(19)22(2,3)20(25)13-14-23-24-21(26)16-9-7-6-8-10-16;/h6-15H,5H2,1-4H3,(H,24,26);/b20-13-,23-14+;. The molecule has 0 fully saturated rings. The molecule has 1 aliphatic rings. The molecule has 0 saturated heterocycles. The van der Waals surface area contributed by atoms with Gasteiger partial charge in [-0.1, -0.05) is 32.0 Å². The molecule has 0 saturated carbocycles. The van der Waals surface area contributed by atoms with E-state index in [4.69, 9.17) is 4.74 Å². The molecular weight excluding hydrogens is 397 g/mol. The minimum Gasteiger partial charge on any atom is -0.497 e. The van der Waals surface area contributed by atoms with E-state index in [2.05, 4.69) is 48.0 Å². The molecule has 0 unspecified atom stereocenters. The van der Waals surface area contributed by atoms with Gasteiger partial charge < -0.3 is 14.7 Å². The first-order valence-corrected chi connectivity index (χ1v) is 9.01. The number of fused-ring (bicyclic) bond motifs is 1. The summed E-state index contributed by atoms with van der Waals surface area (Å²) in [5.74, 6) is 0.751. The monoisotopic (exact) mass is 422 g/mol. The minimum atomic E-state index is -0.183. The SMILES string of the molecule is CCN1/C(=C\C=N\N=C(O)c2ccccc2)C(C)(C)c2cc(OC)ccc21.[Co]. The molecule has 28 heavy (non-hydrogen) atoms. The van der Waals surface area contributed by atoms with Crippen LogP contribution < -0.4 is 9.64 Å². The third-order valence-corrected chi connectivity index (χ3v) is 4.90. The molecule has 0 spiro atoms. The van der Waals surface area contributed by atoms with Crippen LogP contribution in [0.25, 0.3) is 0 Å². The summed E-state index contributed by atoms with van der Waals surface area (Å²) >= 11 is 0. The summed E-state index contributed by atoms with van der Waals surface area (Å²) in [5.41, 5.74) is 3.99. The van der Waals surface area contributed by atoms with Gasteiger partial charge in [0.05, 0.1) is 13.3 Å². The van der Waals surface area contributed by atoms with Crippen LogP contribution in [0.1, 0.15) is 31.9 Å². The van der Waals surface area contributed by atoms with Crippen molar-refractivity contribution in [3.05, 3.63) is 71.4 Å². The second-order valence-electron chi connectivity index (χ2n) is 6.86. The maximum Gasteiger partial charge on any atom is 0.238 e. The molecule has 0 amide bonds. The van der Waals surface area contributed by atoms with Crippen molar-refractivity contribution in [1.29, 1.82) is 0 Å². The van der Waals surface area contributed by atoms with Crippen molar-refractivity contribution in [1.82, 2.24) is 0 Å². The molecule has 6 heteroatoms. The van der Waals surface area contributed by atoms with E-state index < -0.39 is 0 Å². The fourth-order valence-electron chi connectivity index (χ4n) is 3.46. The van der Waals surface area contributed by atoms with Crippen LogP contribution in [0.15, 0.2) is 70.5 Å². The summed E-state index contributed by atoms with van der Waals surface area (Å²) in [6, 6.07) is 15.3. The number of allylic oxidation sites excluding steroid dienone is 2. The van der Waals surface area contributed by atoms with E-state index in [1.165, 1.54) is 11.3 Å². The van der Waals surface area contributed by atoms with E-state index in [0.29, 0.717) is 5.56 Å². The molecule has 3 rings (SSSR count). The largest absolute Gasteiger partial charge is 0.497 e. The number of methoxy groups -OCH3 is 1. The first-order chi connectivity index (χ1) is 13.0. The Hall–Kier alpha value is -2.57. The summed E-state index contributed by atoms with van der Waals surface area (Å²) in [5, 5.41) is 17.9. The van der Waals surface area contributed by atoms with Crippen LogP contribution in [0, 0.1) is 0 Å². The number of anilines is 1. The summed E-state index contributed by atoms with van der Waals surface area (Å²) in [7, 11) is 1.68. The topological polar surface area (TPSA) is 57.4 Å². The number of likely N-dealkylation sites (N-methyl/N-ethyl adjacent to an activating group) is 1. The smallest absolute Gasteiger partial charge is 0.238 e. The Kier molecular flexibility index (Phi) is 7.04. The van der Waals surface area contributed by atoms with Crippen molar-refractivity contribution in [3.63, 3.8) is 0 Å². The Bertz CT molecular complexity index is 905. The molecule has 1 N–H and O–H groups in total. The average molecular weight is 422 g/mol. The Morgan fingerprint density at radius 3 is 2.54 bits per heavy atom. The van der Waals surface area contributed by atoms with Crippen molar-refractivity contribution in [2.45, 2.75) is 26.2 Å². The second kappa shape index (κ2) is 9.08. The van der Waals surface area contributed by atoms with Gasteiger partial charge in [-0.25, -0.2) is 0 Å². The van der Waals surface area contributed by atoms with Crippen molar-refractivity contribution >= 4 is 17.8 Å². The molecule has 0 atom stereocenters. The van der Waals surface area contributed by atoms with Crippen LogP contribution in [-0.2, 0) is 22.2 Å². The Labute approximate surface area is 176 Å². The molecule has 5 nitrogen and oxygen atoms in total. The van der Waals surface area contributed by atoms with Gasteiger partial charge in [0, 0.05) is 45.7 Å². The van der Waals surface area contributed by atoms with Crippen LogP contribution in [0.4, 0.5) is 5.69 Å². The molecule has 1 radical (unpaired) electrons. The van der Waals surface area contributed by atoms with Crippen LogP contribution >= 0.6 is 0 Å². The van der Waals surface area contributed by atoms with Gasteiger partial charge in [0.25, 0.3) is 0 Å². The molecule has 2 aromatic carbocycles. The zero-order chi connectivity index (χ0) is 19.4. The van der Waals surface area contributed by atoms with Crippen LogP contribution in [0.2, 0.25) is 0 Å². The fraction of sp³-hybridized carbons (Fsp3) is 0.273. The third kappa shape index (κ3) is 4.13. The Morgan fingerprint density at radius 2 is 1.89 bits per heavy atom. The van der Waals surface area contributed by atoms with Gasteiger partial charge >= 0.3 is 0 Å². The van der Waals surface area contributed by atoms with Crippen LogP contribution in [0.5, 0.6) is 5.75 Å². The third-order valence-electron chi connectivity index (χ3n) is 4.90. The minimum absolute atomic E-state index is 0. The molecule has 1 aliphatic heterocycles. The van der Waals surface area contributed by atoms with E-state index >= 15 is 0 Å². The van der Waals surface area contributed by atoms with E-state index in [-0.39, 0.29) is 28.1 Å².